The second kappa shape index (κ2) is 9.27. The van der Waals surface area contributed by atoms with E-state index in [2.05, 4.69) is 15.5 Å². The molecule has 1 amide bonds. The Bertz CT molecular complexity index is 1130. The zero-order chi connectivity index (χ0) is 21.7. The molecule has 10 heteroatoms. The minimum absolute atomic E-state index is 0.0193. The molecule has 1 aromatic heterocycles. The second-order valence-corrected chi connectivity index (χ2v) is 8.87. The lowest BCUT2D eigenvalue weighted by Gasteiger charge is -2.20. The Labute approximate surface area is 180 Å². The number of aromatic nitrogens is 3. The van der Waals surface area contributed by atoms with Gasteiger partial charge in [0.05, 0.1) is 21.2 Å². The summed E-state index contributed by atoms with van der Waals surface area (Å²) < 4.78 is 29.0. The number of halogens is 1. The molecule has 1 N–H and O–H groups in total. The maximum absolute atomic E-state index is 13.0. The van der Waals surface area contributed by atoms with Crippen molar-refractivity contribution in [2.45, 2.75) is 24.8 Å². The van der Waals surface area contributed by atoms with E-state index in [1.165, 1.54) is 25.2 Å². The molecule has 0 aliphatic carbocycles. The molecule has 0 spiro atoms. The van der Waals surface area contributed by atoms with E-state index < -0.39 is 15.9 Å². The second-order valence-electron chi connectivity index (χ2n) is 6.49. The van der Waals surface area contributed by atoms with Gasteiger partial charge in [-0.05, 0) is 37.3 Å². The number of sulfonamides is 1. The number of para-hydroxylation sites is 1. The molecule has 0 radical (unpaired) electrons. The highest BCUT2D eigenvalue weighted by Crippen LogP contribution is 2.25. The first-order valence-corrected chi connectivity index (χ1v) is 11.1. The smallest absolute Gasteiger partial charge is 0.264 e. The van der Waals surface area contributed by atoms with Crippen molar-refractivity contribution < 1.29 is 13.2 Å². The topological polar surface area (TPSA) is 97.2 Å². The molecule has 30 heavy (non-hydrogen) atoms. The summed E-state index contributed by atoms with van der Waals surface area (Å²) in [5.74, 6) is 0.298. The van der Waals surface area contributed by atoms with Gasteiger partial charge in [0.1, 0.15) is 12.2 Å². The van der Waals surface area contributed by atoms with Gasteiger partial charge < -0.3 is 9.88 Å². The molecule has 3 rings (SSSR count). The number of rotatable bonds is 8. The number of anilines is 1. The van der Waals surface area contributed by atoms with Gasteiger partial charge in [-0.15, -0.1) is 10.2 Å². The number of amides is 1. The normalized spacial score (nSPS) is 11.3. The minimum atomic E-state index is -3.86. The molecule has 0 aliphatic heterocycles. The fraction of sp³-hybridized carbons (Fsp3) is 0.250. The minimum Gasteiger partial charge on any atom is -0.352 e. The maximum atomic E-state index is 13.0. The van der Waals surface area contributed by atoms with Crippen LogP contribution in [-0.4, -0.2) is 42.7 Å². The lowest BCUT2D eigenvalue weighted by molar-refractivity contribution is 0.0954. The van der Waals surface area contributed by atoms with Crippen LogP contribution in [0.2, 0.25) is 5.02 Å². The largest absolute Gasteiger partial charge is 0.352 e. The summed E-state index contributed by atoms with van der Waals surface area (Å²) in [6.45, 7) is 3.02. The van der Waals surface area contributed by atoms with Crippen LogP contribution in [0.5, 0.6) is 0 Å². The summed E-state index contributed by atoms with van der Waals surface area (Å²) in [5, 5.41) is 10.8. The molecule has 0 atom stereocenters. The quantitative estimate of drug-likeness (QED) is 0.572. The predicted molar refractivity (Wildman–Crippen MR) is 115 cm³/mol. The van der Waals surface area contributed by atoms with E-state index in [9.17, 15) is 13.2 Å². The van der Waals surface area contributed by atoms with E-state index in [1.807, 2.05) is 11.5 Å². The van der Waals surface area contributed by atoms with Crippen molar-refractivity contribution in [2.24, 2.45) is 0 Å². The fourth-order valence-corrected chi connectivity index (χ4v) is 4.32. The highest BCUT2D eigenvalue weighted by molar-refractivity contribution is 7.92. The molecule has 0 aliphatic rings. The third kappa shape index (κ3) is 4.63. The Hall–Kier alpha value is -2.91. The SMILES string of the molecule is CCn1cnnc1CCNC(=O)c1cc(S(=O)(=O)N(C)c2ccccc2)ccc1Cl. The van der Waals surface area contributed by atoms with Crippen molar-refractivity contribution in [3.8, 4) is 0 Å². The molecular weight excluding hydrogens is 426 g/mol. The third-order valence-corrected chi connectivity index (χ3v) is 6.74. The molecule has 158 valence electrons. The lowest BCUT2D eigenvalue weighted by atomic mass is 10.2. The summed E-state index contributed by atoms with van der Waals surface area (Å²) in [6.07, 6.45) is 2.12. The zero-order valence-electron chi connectivity index (χ0n) is 16.6. The monoisotopic (exact) mass is 447 g/mol. The van der Waals surface area contributed by atoms with E-state index in [-0.39, 0.29) is 15.5 Å². The highest BCUT2D eigenvalue weighted by Gasteiger charge is 2.23. The number of hydrogen-bond donors (Lipinski definition) is 1. The molecule has 8 nitrogen and oxygen atoms in total. The number of nitrogens with one attached hydrogen (secondary N) is 1. The molecule has 1 heterocycles. The first-order valence-electron chi connectivity index (χ1n) is 9.33. The molecule has 0 bridgehead atoms. The van der Waals surface area contributed by atoms with Gasteiger partial charge in [0.25, 0.3) is 15.9 Å². The Morgan fingerprint density at radius 3 is 2.63 bits per heavy atom. The number of hydrogen-bond acceptors (Lipinski definition) is 5. The van der Waals surface area contributed by atoms with Crippen LogP contribution in [0.3, 0.4) is 0 Å². The fourth-order valence-electron chi connectivity index (χ4n) is 2.89. The molecule has 0 unspecified atom stereocenters. The van der Waals surface area contributed by atoms with Crippen LogP contribution in [-0.2, 0) is 23.0 Å². The first kappa shape index (κ1) is 21.8. The average molecular weight is 448 g/mol. The van der Waals surface area contributed by atoms with Gasteiger partial charge in [0.2, 0.25) is 0 Å². The molecule has 0 fully saturated rings. The zero-order valence-corrected chi connectivity index (χ0v) is 18.2. The van der Waals surface area contributed by atoms with Crippen LogP contribution in [0.1, 0.15) is 23.1 Å². The number of nitrogens with zero attached hydrogens (tertiary/aromatic N) is 4. The summed E-state index contributed by atoms with van der Waals surface area (Å²) in [4.78, 5) is 12.6. The van der Waals surface area contributed by atoms with Gasteiger partial charge in [0, 0.05) is 26.6 Å². The van der Waals surface area contributed by atoms with Gasteiger partial charge >= 0.3 is 0 Å². The van der Waals surface area contributed by atoms with Crippen molar-refractivity contribution in [3.63, 3.8) is 0 Å². The van der Waals surface area contributed by atoms with Crippen LogP contribution in [0.25, 0.3) is 0 Å². The average Bonchev–Trinajstić information content (AvgIpc) is 3.21. The Kier molecular flexibility index (Phi) is 6.73. The van der Waals surface area contributed by atoms with Gasteiger partial charge in [-0.3, -0.25) is 9.10 Å². The predicted octanol–water partition coefficient (Wildman–Crippen LogP) is 2.75. The maximum Gasteiger partial charge on any atom is 0.264 e. The van der Waals surface area contributed by atoms with Gasteiger partial charge in [-0.2, -0.15) is 0 Å². The Morgan fingerprint density at radius 2 is 1.93 bits per heavy atom. The standard InChI is InChI=1S/C20H22ClN5O3S/c1-3-26-14-23-24-19(26)11-12-22-20(27)17-13-16(9-10-18(17)21)30(28,29)25(2)15-7-5-4-6-8-15/h4-10,13-14H,3,11-12H2,1-2H3,(H,22,27). The summed E-state index contributed by atoms with van der Waals surface area (Å²) in [7, 11) is -2.40. The van der Waals surface area contributed by atoms with E-state index in [1.54, 1.807) is 36.7 Å². The third-order valence-electron chi connectivity index (χ3n) is 4.63. The molecule has 0 saturated carbocycles. The van der Waals surface area contributed by atoms with E-state index >= 15 is 0 Å². The molecular formula is C20H22ClN5O3S. The number of carbonyl (C=O) groups is 1. The van der Waals surface area contributed by atoms with E-state index in [0.29, 0.717) is 18.7 Å². The Morgan fingerprint density at radius 1 is 1.20 bits per heavy atom. The van der Waals surface area contributed by atoms with Gasteiger partial charge in [-0.25, -0.2) is 8.42 Å². The van der Waals surface area contributed by atoms with Crippen molar-refractivity contribution in [1.29, 1.82) is 0 Å². The van der Waals surface area contributed by atoms with E-state index in [0.717, 1.165) is 16.7 Å². The van der Waals surface area contributed by atoms with Crippen LogP contribution in [0.4, 0.5) is 5.69 Å². The number of aryl methyl sites for hydroxylation is 1. The van der Waals surface area contributed by atoms with Crippen molar-refractivity contribution in [2.75, 3.05) is 17.9 Å². The van der Waals surface area contributed by atoms with Crippen LogP contribution in [0.15, 0.2) is 59.8 Å². The van der Waals surface area contributed by atoms with Crippen LogP contribution in [0, 0.1) is 0 Å². The van der Waals surface area contributed by atoms with Crippen molar-refractivity contribution in [3.05, 3.63) is 71.3 Å². The van der Waals surface area contributed by atoms with Crippen molar-refractivity contribution >= 4 is 33.2 Å². The molecule has 0 saturated heterocycles. The van der Waals surface area contributed by atoms with Gasteiger partial charge in [0.15, 0.2) is 0 Å². The highest BCUT2D eigenvalue weighted by atomic mass is 35.5. The summed E-state index contributed by atoms with van der Waals surface area (Å²) in [6, 6.07) is 12.8. The van der Waals surface area contributed by atoms with E-state index in [4.69, 9.17) is 11.6 Å². The lowest BCUT2D eigenvalue weighted by Crippen LogP contribution is -2.29. The van der Waals surface area contributed by atoms with Gasteiger partial charge in [-0.1, -0.05) is 29.8 Å². The Balaban J connectivity index is 1.76. The summed E-state index contributed by atoms with van der Waals surface area (Å²) in [5.41, 5.74) is 0.606. The molecule has 3 aromatic rings. The first-order chi connectivity index (χ1) is 14.3. The van der Waals surface area contributed by atoms with Crippen LogP contribution < -0.4 is 9.62 Å². The summed E-state index contributed by atoms with van der Waals surface area (Å²) >= 11 is 6.17. The number of carbonyl (C=O) groups excluding carboxylic acids is 1. The number of benzene rings is 2. The molecule has 2 aromatic carbocycles. The van der Waals surface area contributed by atoms with Crippen LogP contribution >= 0.6 is 11.6 Å². The van der Waals surface area contributed by atoms with Crippen molar-refractivity contribution in [1.82, 2.24) is 20.1 Å².